The van der Waals surface area contributed by atoms with Crippen LogP contribution in [0, 0.1) is 6.92 Å². The molecule has 0 spiro atoms. The topological polar surface area (TPSA) is 44.5 Å². The third-order valence-electron chi connectivity index (χ3n) is 2.39. The van der Waals surface area contributed by atoms with Crippen LogP contribution in [0.4, 0.5) is 8.78 Å². The van der Waals surface area contributed by atoms with Crippen molar-refractivity contribution in [3.63, 3.8) is 0 Å². The highest BCUT2D eigenvalue weighted by Crippen LogP contribution is 2.34. The number of rotatable bonds is 5. The molecule has 108 valence electrons. The molecule has 0 aliphatic rings. The molecule has 2 rings (SSSR count). The van der Waals surface area contributed by atoms with Gasteiger partial charge in [0, 0.05) is 5.56 Å². The summed E-state index contributed by atoms with van der Waals surface area (Å²) in [7, 11) is 0. The SMILES string of the molecule is Cc1coc(-c2ccc(OC(F)F)c(OC(C)C)c2)n1. The molecule has 0 radical (unpaired) electrons. The number of ether oxygens (including phenoxy) is 2. The molecule has 0 fully saturated rings. The van der Waals surface area contributed by atoms with E-state index in [0.717, 1.165) is 5.69 Å². The Kier molecular flexibility index (Phi) is 4.22. The highest BCUT2D eigenvalue weighted by molar-refractivity contribution is 5.60. The zero-order chi connectivity index (χ0) is 14.7. The molecular formula is C14H15F2NO3. The highest BCUT2D eigenvalue weighted by atomic mass is 19.3. The molecule has 0 atom stereocenters. The predicted octanol–water partition coefficient (Wildman–Crippen LogP) is 4.04. The molecule has 4 nitrogen and oxygen atoms in total. The summed E-state index contributed by atoms with van der Waals surface area (Å²) in [5, 5.41) is 0. The van der Waals surface area contributed by atoms with Gasteiger partial charge < -0.3 is 13.9 Å². The van der Waals surface area contributed by atoms with Crippen LogP contribution in [0.5, 0.6) is 11.5 Å². The first-order chi connectivity index (χ1) is 9.45. The Hall–Kier alpha value is -2.11. The van der Waals surface area contributed by atoms with Crippen molar-refractivity contribution >= 4 is 0 Å². The van der Waals surface area contributed by atoms with Crippen molar-refractivity contribution in [1.82, 2.24) is 4.98 Å². The Morgan fingerprint density at radius 2 is 1.90 bits per heavy atom. The molecular weight excluding hydrogens is 268 g/mol. The van der Waals surface area contributed by atoms with Gasteiger partial charge in [0.15, 0.2) is 11.5 Å². The maximum Gasteiger partial charge on any atom is 0.387 e. The molecule has 0 saturated heterocycles. The number of alkyl halides is 2. The maximum absolute atomic E-state index is 12.4. The highest BCUT2D eigenvalue weighted by Gasteiger charge is 2.15. The zero-order valence-corrected chi connectivity index (χ0v) is 11.4. The van der Waals surface area contributed by atoms with Crippen LogP contribution in [0.3, 0.4) is 0 Å². The Labute approximate surface area is 115 Å². The summed E-state index contributed by atoms with van der Waals surface area (Å²) in [6, 6.07) is 4.58. The molecule has 1 aromatic carbocycles. The number of aromatic nitrogens is 1. The van der Waals surface area contributed by atoms with Crippen LogP contribution in [-0.4, -0.2) is 17.7 Å². The molecule has 6 heteroatoms. The molecule has 1 heterocycles. The second kappa shape index (κ2) is 5.90. The minimum absolute atomic E-state index is 0.0132. The molecule has 20 heavy (non-hydrogen) atoms. The first-order valence-electron chi connectivity index (χ1n) is 6.13. The molecule has 0 aliphatic carbocycles. The van der Waals surface area contributed by atoms with Gasteiger partial charge >= 0.3 is 6.61 Å². The number of halogens is 2. The van der Waals surface area contributed by atoms with Gasteiger partial charge in [-0.1, -0.05) is 0 Å². The van der Waals surface area contributed by atoms with Crippen LogP contribution in [0.2, 0.25) is 0 Å². The van der Waals surface area contributed by atoms with Gasteiger partial charge in [0.05, 0.1) is 11.8 Å². The van der Waals surface area contributed by atoms with Crippen molar-refractivity contribution < 1.29 is 22.7 Å². The minimum atomic E-state index is -2.90. The van der Waals surface area contributed by atoms with E-state index in [1.165, 1.54) is 12.3 Å². The number of hydrogen-bond acceptors (Lipinski definition) is 4. The Morgan fingerprint density at radius 3 is 2.45 bits per heavy atom. The van der Waals surface area contributed by atoms with Gasteiger partial charge in [-0.25, -0.2) is 4.98 Å². The minimum Gasteiger partial charge on any atom is -0.487 e. The first-order valence-corrected chi connectivity index (χ1v) is 6.13. The van der Waals surface area contributed by atoms with Crippen LogP contribution >= 0.6 is 0 Å². The molecule has 0 unspecified atom stereocenters. The quantitative estimate of drug-likeness (QED) is 0.830. The van der Waals surface area contributed by atoms with Crippen molar-refractivity contribution in [2.75, 3.05) is 0 Å². The third-order valence-corrected chi connectivity index (χ3v) is 2.39. The Morgan fingerprint density at radius 1 is 1.15 bits per heavy atom. The molecule has 0 aliphatic heterocycles. The number of nitrogens with zero attached hydrogens (tertiary/aromatic N) is 1. The summed E-state index contributed by atoms with van der Waals surface area (Å²) >= 11 is 0. The first kappa shape index (κ1) is 14.3. The molecule has 2 aromatic rings. The van der Waals surface area contributed by atoms with Gasteiger partial charge in [-0.2, -0.15) is 8.78 Å². The van der Waals surface area contributed by atoms with Crippen molar-refractivity contribution in [2.45, 2.75) is 33.5 Å². The Balaban J connectivity index is 2.37. The maximum atomic E-state index is 12.4. The second-order valence-corrected chi connectivity index (χ2v) is 4.50. The van der Waals surface area contributed by atoms with E-state index in [0.29, 0.717) is 11.5 Å². The average molecular weight is 283 g/mol. The van der Waals surface area contributed by atoms with Crippen LogP contribution in [0.15, 0.2) is 28.9 Å². The smallest absolute Gasteiger partial charge is 0.387 e. The molecule has 0 saturated carbocycles. The van der Waals surface area contributed by atoms with Crippen molar-refractivity contribution in [3.8, 4) is 23.0 Å². The van der Waals surface area contributed by atoms with Crippen LogP contribution < -0.4 is 9.47 Å². The lowest BCUT2D eigenvalue weighted by Crippen LogP contribution is -2.09. The molecule has 1 aromatic heterocycles. The number of benzene rings is 1. The standard InChI is InChI=1S/C14H15F2NO3/c1-8(2)19-12-6-10(13-17-9(3)7-18-13)4-5-11(12)20-14(15)16/h4-8,14H,1-3H3. The van der Waals surface area contributed by atoms with E-state index in [9.17, 15) is 8.78 Å². The summed E-state index contributed by atoms with van der Waals surface area (Å²) in [4.78, 5) is 4.18. The number of hydrogen-bond donors (Lipinski definition) is 0. The van der Waals surface area contributed by atoms with E-state index in [2.05, 4.69) is 9.72 Å². The van der Waals surface area contributed by atoms with E-state index >= 15 is 0 Å². The average Bonchev–Trinajstić information content (AvgIpc) is 2.77. The third kappa shape index (κ3) is 3.46. The molecule has 0 N–H and O–H groups in total. The second-order valence-electron chi connectivity index (χ2n) is 4.50. The Bertz CT molecular complexity index is 582. The monoisotopic (exact) mass is 283 g/mol. The fraction of sp³-hybridized carbons (Fsp3) is 0.357. The lowest BCUT2D eigenvalue weighted by Gasteiger charge is -2.15. The van der Waals surface area contributed by atoms with Gasteiger partial charge in [-0.05, 0) is 39.0 Å². The van der Waals surface area contributed by atoms with Crippen molar-refractivity contribution in [1.29, 1.82) is 0 Å². The summed E-state index contributed by atoms with van der Waals surface area (Å²) in [6.45, 7) is 2.49. The van der Waals surface area contributed by atoms with Gasteiger partial charge in [-0.15, -0.1) is 0 Å². The molecule has 0 amide bonds. The lowest BCUT2D eigenvalue weighted by atomic mass is 10.2. The van der Waals surface area contributed by atoms with Crippen LogP contribution in [0.25, 0.3) is 11.5 Å². The predicted molar refractivity (Wildman–Crippen MR) is 69.1 cm³/mol. The van der Waals surface area contributed by atoms with E-state index in [4.69, 9.17) is 9.15 Å². The van der Waals surface area contributed by atoms with E-state index in [1.54, 1.807) is 32.9 Å². The van der Waals surface area contributed by atoms with Gasteiger partial charge in [0.1, 0.15) is 6.26 Å². The van der Waals surface area contributed by atoms with Gasteiger partial charge in [0.25, 0.3) is 0 Å². The van der Waals surface area contributed by atoms with Crippen LogP contribution in [0.1, 0.15) is 19.5 Å². The van der Waals surface area contributed by atoms with E-state index in [1.807, 2.05) is 0 Å². The number of aryl methyl sites for hydroxylation is 1. The van der Waals surface area contributed by atoms with Crippen molar-refractivity contribution in [3.05, 3.63) is 30.2 Å². The van der Waals surface area contributed by atoms with Gasteiger partial charge in [0.2, 0.25) is 5.89 Å². The zero-order valence-electron chi connectivity index (χ0n) is 11.4. The van der Waals surface area contributed by atoms with Gasteiger partial charge in [-0.3, -0.25) is 0 Å². The lowest BCUT2D eigenvalue weighted by molar-refractivity contribution is -0.0518. The fourth-order valence-electron chi connectivity index (χ4n) is 1.67. The fourth-order valence-corrected chi connectivity index (χ4v) is 1.67. The largest absolute Gasteiger partial charge is 0.487 e. The van der Waals surface area contributed by atoms with Crippen molar-refractivity contribution in [2.24, 2.45) is 0 Å². The normalized spacial score (nSPS) is 11.2. The van der Waals surface area contributed by atoms with E-state index in [-0.39, 0.29) is 17.6 Å². The summed E-state index contributed by atoms with van der Waals surface area (Å²) < 4.78 is 39.9. The summed E-state index contributed by atoms with van der Waals surface area (Å²) in [5.74, 6) is 0.620. The molecule has 0 bridgehead atoms. The summed E-state index contributed by atoms with van der Waals surface area (Å²) in [6.07, 6.45) is 1.35. The van der Waals surface area contributed by atoms with E-state index < -0.39 is 6.61 Å². The van der Waals surface area contributed by atoms with Crippen LogP contribution in [-0.2, 0) is 0 Å². The number of oxazole rings is 1. The summed E-state index contributed by atoms with van der Waals surface area (Å²) in [5.41, 5.74) is 1.37.